The van der Waals surface area contributed by atoms with E-state index < -0.39 is 29.4 Å². The lowest BCUT2D eigenvalue weighted by molar-refractivity contribution is -0.143. The number of Topliss-reactive ketones (excluding diaryl/α,β-unsaturated/α-hetero) is 1. The van der Waals surface area contributed by atoms with Crippen molar-refractivity contribution in [2.45, 2.75) is 12.2 Å². The molecule has 0 spiro atoms. The Labute approximate surface area is 237 Å². The molecule has 6 rings (SSSR count). The molecule has 9 nitrogen and oxygen atoms in total. The number of alkyl halides is 3. The molecule has 2 aromatic heterocycles. The number of carbonyl (C=O) groups is 2. The largest absolute Gasteiger partial charge is 0.489 e. The van der Waals surface area contributed by atoms with Crippen LogP contribution in [0.1, 0.15) is 16.2 Å². The molecule has 2 aromatic carbocycles. The molecule has 0 unspecified atom stereocenters. The zero-order valence-corrected chi connectivity index (χ0v) is 22.2. The molecular formula is C29H24F4N6O3. The van der Waals surface area contributed by atoms with Crippen LogP contribution < -0.4 is 19.9 Å². The van der Waals surface area contributed by atoms with Gasteiger partial charge in [-0.25, -0.2) is 14.4 Å². The van der Waals surface area contributed by atoms with E-state index in [2.05, 4.69) is 20.2 Å². The summed E-state index contributed by atoms with van der Waals surface area (Å²) in [6, 6.07) is 13.9. The topological polar surface area (TPSA) is 92.6 Å². The van der Waals surface area contributed by atoms with E-state index in [1.165, 1.54) is 0 Å². The van der Waals surface area contributed by atoms with Crippen LogP contribution in [0.3, 0.4) is 0 Å². The zero-order chi connectivity index (χ0) is 29.6. The number of anilines is 3. The van der Waals surface area contributed by atoms with Crippen LogP contribution in [0.2, 0.25) is 0 Å². The molecule has 42 heavy (non-hydrogen) atoms. The first-order chi connectivity index (χ1) is 20.1. The van der Waals surface area contributed by atoms with E-state index in [-0.39, 0.29) is 23.0 Å². The highest BCUT2D eigenvalue weighted by molar-refractivity contribution is 6.47. The van der Waals surface area contributed by atoms with E-state index in [0.29, 0.717) is 48.1 Å². The van der Waals surface area contributed by atoms with Crippen molar-refractivity contribution in [1.29, 1.82) is 0 Å². The fourth-order valence-corrected chi connectivity index (χ4v) is 5.38. The second-order valence-corrected chi connectivity index (χ2v) is 9.99. The van der Waals surface area contributed by atoms with Gasteiger partial charge in [-0.2, -0.15) is 13.2 Å². The molecule has 1 N–H and O–H groups in total. The number of piperazine rings is 1. The van der Waals surface area contributed by atoms with Crippen LogP contribution in [0.5, 0.6) is 5.75 Å². The first kappa shape index (κ1) is 27.2. The van der Waals surface area contributed by atoms with Gasteiger partial charge in [-0.15, -0.1) is 0 Å². The van der Waals surface area contributed by atoms with Gasteiger partial charge < -0.3 is 24.4 Å². The van der Waals surface area contributed by atoms with E-state index in [1.807, 2.05) is 4.90 Å². The van der Waals surface area contributed by atoms with Crippen molar-refractivity contribution in [3.8, 4) is 16.9 Å². The highest BCUT2D eigenvalue weighted by atomic mass is 19.4. The third kappa shape index (κ3) is 5.01. The average molecular weight is 581 g/mol. The molecule has 1 amide bonds. The van der Waals surface area contributed by atoms with Crippen LogP contribution in [0.15, 0.2) is 67.0 Å². The van der Waals surface area contributed by atoms with Crippen LogP contribution in [-0.4, -0.2) is 58.5 Å². The van der Waals surface area contributed by atoms with Crippen molar-refractivity contribution in [2.24, 2.45) is 7.05 Å². The number of halogens is 4. The van der Waals surface area contributed by atoms with Crippen molar-refractivity contribution in [2.75, 3.05) is 41.4 Å². The van der Waals surface area contributed by atoms with Crippen LogP contribution >= 0.6 is 0 Å². The Bertz CT molecular complexity index is 1660. The summed E-state index contributed by atoms with van der Waals surface area (Å²) >= 11 is 0. The molecular weight excluding hydrogens is 556 g/mol. The number of rotatable bonds is 5. The Morgan fingerprint density at radius 3 is 2.48 bits per heavy atom. The zero-order valence-electron chi connectivity index (χ0n) is 22.2. The number of amides is 1. The predicted molar refractivity (Wildman–Crippen MR) is 146 cm³/mol. The molecule has 0 radical (unpaired) electrons. The number of aromatic nitrogens is 3. The van der Waals surface area contributed by atoms with E-state index in [9.17, 15) is 27.2 Å². The summed E-state index contributed by atoms with van der Waals surface area (Å²) in [5, 5.41) is 2.51. The van der Waals surface area contributed by atoms with Crippen LogP contribution in [0, 0.1) is 5.82 Å². The van der Waals surface area contributed by atoms with Crippen molar-refractivity contribution in [3.05, 3.63) is 84.2 Å². The van der Waals surface area contributed by atoms with E-state index in [0.717, 1.165) is 31.2 Å². The minimum absolute atomic E-state index is 0.00979. The molecule has 4 aromatic rings. The normalized spacial score (nSPS) is 16.4. The summed E-state index contributed by atoms with van der Waals surface area (Å²) in [6.07, 6.45) is -2.48. The standard InChI is InChI=1S/C29H24F4N6O3/c1-37-24(29(31,32)33)12-21(17-5-3-2-4-6-17)25(37)26(40)27(41)36-19-7-8-22-23(11-19)42-16-20-15-38(9-10-39(20)22)28-34-13-18(30)14-35-28/h2-8,11-14,20H,9-10,15-16H2,1H3,(H,36,41)/t20-/m0/s1. The molecule has 0 saturated carbocycles. The average Bonchev–Trinajstić information content (AvgIpc) is 3.34. The minimum Gasteiger partial charge on any atom is -0.489 e. The molecule has 0 aliphatic carbocycles. The Balaban J connectivity index is 1.20. The van der Waals surface area contributed by atoms with Gasteiger partial charge in [0, 0.05) is 44.0 Å². The number of ketones is 1. The lowest BCUT2D eigenvalue weighted by atomic mass is 10.0. The van der Waals surface area contributed by atoms with E-state index in [1.54, 1.807) is 48.5 Å². The molecule has 13 heteroatoms. The smallest absolute Gasteiger partial charge is 0.431 e. The number of ether oxygens (including phenoxy) is 1. The molecule has 1 atom stereocenters. The number of hydrogen-bond acceptors (Lipinski definition) is 7. The maximum absolute atomic E-state index is 13.7. The monoisotopic (exact) mass is 580 g/mol. The van der Waals surface area contributed by atoms with Gasteiger partial charge in [0.1, 0.15) is 23.7 Å². The van der Waals surface area contributed by atoms with Gasteiger partial charge in [0.25, 0.3) is 11.7 Å². The fourth-order valence-electron chi connectivity index (χ4n) is 5.38. The molecule has 2 aliphatic rings. The first-order valence-corrected chi connectivity index (χ1v) is 13.0. The summed E-state index contributed by atoms with van der Waals surface area (Å²) in [6.45, 7) is 2.08. The third-order valence-corrected chi connectivity index (χ3v) is 7.36. The fraction of sp³-hybridized carbons (Fsp3) is 0.241. The van der Waals surface area contributed by atoms with Gasteiger partial charge in [-0.3, -0.25) is 9.59 Å². The molecule has 0 bridgehead atoms. The van der Waals surface area contributed by atoms with Gasteiger partial charge in [0.2, 0.25) is 5.95 Å². The van der Waals surface area contributed by atoms with Crippen molar-refractivity contribution in [1.82, 2.24) is 14.5 Å². The van der Waals surface area contributed by atoms with Gasteiger partial charge in [-0.1, -0.05) is 30.3 Å². The van der Waals surface area contributed by atoms with Crippen molar-refractivity contribution < 1.29 is 31.9 Å². The Morgan fingerprint density at radius 2 is 1.76 bits per heavy atom. The number of benzene rings is 2. The second kappa shape index (κ2) is 10.5. The second-order valence-electron chi connectivity index (χ2n) is 9.99. The van der Waals surface area contributed by atoms with Crippen molar-refractivity contribution in [3.63, 3.8) is 0 Å². The quantitative estimate of drug-likeness (QED) is 0.210. The molecule has 4 heterocycles. The van der Waals surface area contributed by atoms with Crippen LogP contribution in [0.25, 0.3) is 11.1 Å². The van der Waals surface area contributed by atoms with E-state index >= 15 is 0 Å². The Hall–Kier alpha value is -4.94. The SMILES string of the molecule is Cn1c(C(F)(F)F)cc(-c2ccccc2)c1C(=O)C(=O)Nc1ccc2c(c1)OC[C@@H]1CN(c3ncc(F)cn3)CCN21. The number of carbonyl (C=O) groups excluding carboxylic acids is 2. The molecule has 2 aliphatic heterocycles. The van der Waals surface area contributed by atoms with E-state index in [4.69, 9.17) is 4.74 Å². The Morgan fingerprint density at radius 1 is 1.02 bits per heavy atom. The lowest BCUT2D eigenvalue weighted by Crippen LogP contribution is -2.57. The van der Waals surface area contributed by atoms with Gasteiger partial charge >= 0.3 is 6.18 Å². The Kier molecular flexibility index (Phi) is 6.79. The first-order valence-electron chi connectivity index (χ1n) is 13.0. The summed E-state index contributed by atoms with van der Waals surface area (Å²) in [4.78, 5) is 38.5. The highest BCUT2D eigenvalue weighted by Crippen LogP contribution is 2.39. The summed E-state index contributed by atoms with van der Waals surface area (Å²) in [7, 11) is 1.11. The number of nitrogens with zero attached hydrogens (tertiary/aromatic N) is 5. The minimum atomic E-state index is -4.72. The van der Waals surface area contributed by atoms with Crippen molar-refractivity contribution >= 4 is 29.0 Å². The number of nitrogens with one attached hydrogen (secondary N) is 1. The third-order valence-electron chi connectivity index (χ3n) is 7.36. The van der Waals surface area contributed by atoms with Crippen LogP contribution in [-0.2, 0) is 18.0 Å². The van der Waals surface area contributed by atoms with Gasteiger partial charge in [0.15, 0.2) is 5.82 Å². The molecule has 1 saturated heterocycles. The number of fused-ring (bicyclic) bond motifs is 3. The maximum atomic E-state index is 13.7. The summed E-state index contributed by atoms with van der Waals surface area (Å²) < 4.78 is 61.0. The highest BCUT2D eigenvalue weighted by Gasteiger charge is 2.38. The summed E-state index contributed by atoms with van der Waals surface area (Å²) in [5.41, 5.74) is 0.0267. The van der Waals surface area contributed by atoms with Gasteiger partial charge in [-0.05, 0) is 23.8 Å². The molecule has 216 valence electrons. The number of hydrogen-bond donors (Lipinski definition) is 1. The maximum Gasteiger partial charge on any atom is 0.431 e. The molecule has 1 fully saturated rings. The lowest BCUT2D eigenvalue weighted by Gasteiger charge is -2.45. The van der Waals surface area contributed by atoms with Crippen LogP contribution in [0.4, 0.5) is 34.9 Å². The van der Waals surface area contributed by atoms with Gasteiger partial charge in [0.05, 0.1) is 24.1 Å². The predicted octanol–water partition coefficient (Wildman–Crippen LogP) is 4.55. The summed E-state index contributed by atoms with van der Waals surface area (Å²) in [5.74, 6) is -1.77.